The fourth-order valence-corrected chi connectivity index (χ4v) is 1.06. The maximum absolute atomic E-state index is 4.14. The monoisotopic (exact) mass is 151 g/mol. The summed E-state index contributed by atoms with van der Waals surface area (Å²) in [5.41, 5.74) is 0. The number of amidine groups is 1. The zero-order valence-electron chi connectivity index (χ0n) is 6.52. The summed E-state index contributed by atoms with van der Waals surface area (Å²) in [6.45, 7) is 2.59. The Hall–Kier alpha value is -1.39. The topological polar surface area (TPSA) is 43.6 Å². The first-order chi connectivity index (χ1) is 5.29. The highest BCUT2D eigenvalue weighted by Gasteiger charge is 2.24. The molecule has 0 bridgehead atoms. The van der Waals surface area contributed by atoms with E-state index in [-0.39, 0.29) is 0 Å². The Kier molecular flexibility index (Phi) is 1.18. The first-order valence-corrected chi connectivity index (χ1v) is 3.45. The summed E-state index contributed by atoms with van der Waals surface area (Å²) in [6, 6.07) is 0. The van der Waals surface area contributed by atoms with Gasteiger partial charge < -0.3 is 4.90 Å². The molecule has 0 atom stereocenters. The Labute approximate surface area is 64.7 Å². The van der Waals surface area contributed by atoms with Gasteiger partial charge in [-0.15, -0.1) is 10.2 Å². The van der Waals surface area contributed by atoms with E-state index in [0.717, 1.165) is 11.7 Å². The van der Waals surface area contributed by atoms with Gasteiger partial charge in [0.15, 0.2) is 5.82 Å². The Morgan fingerprint density at radius 3 is 3.09 bits per heavy atom. The van der Waals surface area contributed by atoms with E-state index >= 15 is 0 Å². The van der Waals surface area contributed by atoms with Crippen LogP contribution in [0.4, 0.5) is 0 Å². The molecule has 0 N–H and O–H groups in total. The predicted octanol–water partition coefficient (Wildman–Crippen LogP) is 0.789. The summed E-state index contributed by atoms with van der Waals surface area (Å²) in [5, 5.41) is 13.4. The Morgan fingerprint density at radius 2 is 2.36 bits per heavy atom. The maximum Gasteiger partial charge on any atom is 0.155 e. The van der Waals surface area contributed by atoms with Crippen LogP contribution in [-0.2, 0) is 0 Å². The third kappa shape index (κ3) is 0.806. The standard InChI is InChI=1S/C6H9N5/c1-5-8-11-6(10(5)2)3-4-7-9-11/h3H,4H2,1-2H3. The molecule has 0 fully saturated rings. The van der Waals surface area contributed by atoms with Gasteiger partial charge in [0.05, 0.1) is 6.54 Å². The second-order valence-electron chi connectivity index (χ2n) is 2.47. The van der Waals surface area contributed by atoms with E-state index in [1.165, 1.54) is 0 Å². The molecule has 5 heteroatoms. The molecular formula is C6H9N5. The van der Waals surface area contributed by atoms with E-state index in [1.54, 1.807) is 5.12 Å². The molecule has 2 aliphatic heterocycles. The van der Waals surface area contributed by atoms with Crippen LogP contribution in [0.1, 0.15) is 6.92 Å². The van der Waals surface area contributed by atoms with Crippen molar-refractivity contribution in [1.82, 2.24) is 10.0 Å². The van der Waals surface area contributed by atoms with Gasteiger partial charge in [-0.25, -0.2) is 0 Å². The molecule has 0 aromatic heterocycles. The van der Waals surface area contributed by atoms with Crippen molar-refractivity contribution >= 4 is 5.84 Å². The molecule has 0 aromatic rings. The molecule has 0 aliphatic carbocycles. The highest BCUT2D eigenvalue weighted by molar-refractivity contribution is 5.82. The first kappa shape index (κ1) is 6.33. The fraction of sp³-hybridized carbons (Fsp3) is 0.500. The van der Waals surface area contributed by atoms with Crippen LogP contribution in [0.15, 0.2) is 27.3 Å². The van der Waals surface area contributed by atoms with Gasteiger partial charge in [-0.3, -0.25) is 0 Å². The molecule has 0 unspecified atom stereocenters. The number of hydrogen-bond donors (Lipinski definition) is 0. The quantitative estimate of drug-likeness (QED) is 0.513. The maximum atomic E-state index is 4.14. The van der Waals surface area contributed by atoms with Gasteiger partial charge >= 0.3 is 0 Å². The SMILES string of the molecule is CC1=NN2N=NCC=C2N1C. The summed E-state index contributed by atoms with van der Waals surface area (Å²) in [5.74, 6) is 1.94. The van der Waals surface area contributed by atoms with E-state index in [2.05, 4.69) is 15.4 Å². The van der Waals surface area contributed by atoms with Crippen LogP contribution in [0, 0.1) is 0 Å². The number of fused-ring (bicyclic) bond motifs is 1. The van der Waals surface area contributed by atoms with Gasteiger partial charge in [-0.05, 0) is 18.2 Å². The molecular weight excluding hydrogens is 142 g/mol. The van der Waals surface area contributed by atoms with Gasteiger partial charge in [0.2, 0.25) is 0 Å². The molecule has 0 aromatic carbocycles. The lowest BCUT2D eigenvalue weighted by Gasteiger charge is -2.16. The Bertz CT molecular complexity index is 264. The van der Waals surface area contributed by atoms with Gasteiger partial charge in [-0.2, -0.15) is 5.11 Å². The molecule has 5 nitrogen and oxygen atoms in total. The van der Waals surface area contributed by atoms with Crippen LogP contribution >= 0.6 is 0 Å². The molecule has 0 amide bonds. The molecule has 0 spiro atoms. The molecule has 0 saturated heterocycles. The van der Waals surface area contributed by atoms with Crippen LogP contribution in [0.5, 0.6) is 0 Å². The Balaban J connectivity index is 2.34. The number of nitrogens with zero attached hydrogens (tertiary/aromatic N) is 5. The van der Waals surface area contributed by atoms with E-state index in [1.807, 2.05) is 24.9 Å². The number of hydrazone groups is 1. The van der Waals surface area contributed by atoms with Gasteiger partial charge in [0.1, 0.15) is 5.84 Å². The molecule has 11 heavy (non-hydrogen) atoms. The molecule has 2 rings (SSSR count). The van der Waals surface area contributed by atoms with Crippen molar-refractivity contribution in [3.63, 3.8) is 0 Å². The molecule has 0 radical (unpaired) electrons. The fourth-order valence-electron chi connectivity index (χ4n) is 1.06. The molecule has 58 valence electrons. The zero-order chi connectivity index (χ0) is 7.84. The third-order valence-electron chi connectivity index (χ3n) is 1.78. The molecule has 2 heterocycles. The van der Waals surface area contributed by atoms with Crippen molar-refractivity contribution in [2.75, 3.05) is 13.6 Å². The lowest BCUT2D eigenvalue weighted by atomic mass is 10.5. The summed E-state index contributed by atoms with van der Waals surface area (Å²) in [4.78, 5) is 1.98. The minimum atomic E-state index is 0.652. The highest BCUT2D eigenvalue weighted by Crippen LogP contribution is 2.20. The Morgan fingerprint density at radius 1 is 1.55 bits per heavy atom. The number of rotatable bonds is 0. The smallest absolute Gasteiger partial charge is 0.155 e. The summed E-state index contributed by atoms with van der Waals surface area (Å²) in [7, 11) is 1.96. The van der Waals surface area contributed by atoms with Crippen molar-refractivity contribution in [3.05, 3.63) is 11.9 Å². The third-order valence-corrected chi connectivity index (χ3v) is 1.78. The predicted molar refractivity (Wildman–Crippen MR) is 40.5 cm³/mol. The lowest BCUT2D eigenvalue weighted by Crippen LogP contribution is -2.22. The van der Waals surface area contributed by atoms with Crippen molar-refractivity contribution in [3.8, 4) is 0 Å². The lowest BCUT2D eigenvalue weighted by molar-refractivity contribution is 0.315. The minimum absolute atomic E-state index is 0.652. The van der Waals surface area contributed by atoms with E-state index < -0.39 is 0 Å². The second kappa shape index (κ2) is 2.05. The van der Waals surface area contributed by atoms with E-state index in [4.69, 9.17) is 0 Å². The van der Waals surface area contributed by atoms with Gasteiger partial charge in [0, 0.05) is 7.05 Å². The summed E-state index contributed by atoms with van der Waals surface area (Å²) in [6.07, 6.45) is 1.99. The van der Waals surface area contributed by atoms with Crippen molar-refractivity contribution in [1.29, 1.82) is 0 Å². The average molecular weight is 151 g/mol. The zero-order valence-corrected chi connectivity index (χ0v) is 6.52. The van der Waals surface area contributed by atoms with Crippen LogP contribution in [0.25, 0.3) is 0 Å². The minimum Gasteiger partial charge on any atom is -0.315 e. The van der Waals surface area contributed by atoms with Crippen molar-refractivity contribution in [2.24, 2.45) is 15.4 Å². The van der Waals surface area contributed by atoms with Crippen LogP contribution < -0.4 is 0 Å². The normalized spacial score (nSPS) is 21.6. The molecule has 2 aliphatic rings. The highest BCUT2D eigenvalue weighted by atomic mass is 15.8. The van der Waals surface area contributed by atoms with Crippen LogP contribution in [0.3, 0.4) is 0 Å². The molecule has 0 saturated carbocycles. The van der Waals surface area contributed by atoms with Crippen molar-refractivity contribution < 1.29 is 0 Å². The van der Waals surface area contributed by atoms with Crippen molar-refractivity contribution in [2.45, 2.75) is 6.92 Å². The average Bonchev–Trinajstić information content (AvgIpc) is 2.30. The largest absolute Gasteiger partial charge is 0.315 e. The second-order valence-corrected chi connectivity index (χ2v) is 2.47. The summed E-state index contributed by atoms with van der Waals surface area (Å²) >= 11 is 0. The first-order valence-electron chi connectivity index (χ1n) is 3.45. The van der Waals surface area contributed by atoms with Crippen LogP contribution in [-0.4, -0.2) is 29.4 Å². The van der Waals surface area contributed by atoms with E-state index in [9.17, 15) is 0 Å². The van der Waals surface area contributed by atoms with Gasteiger partial charge in [-0.1, -0.05) is 0 Å². The van der Waals surface area contributed by atoms with Crippen LogP contribution in [0.2, 0.25) is 0 Å². The summed E-state index contributed by atoms with van der Waals surface area (Å²) < 4.78 is 0. The van der Waals surface area contributed by atoms with Gasteiger partial charge in [0.25, 0.3) is 0 Å². The van der Waals surface area contributed by atoms with E-state index in [0.29, 0.717) is 6.54 Å². The number of hydrogen-bond acceptors (Lipinski definition) is 5.